The molecule has 2 fully saturated rings. The minimum absolute atomic E-state index is 0.189. The summed E-state index contributed by atoms with van der Waals surface area (Å²) in [6, 6.07) is 11.6. The lowest BCUT2D eigenvalue weighted by atomic mass is 10.2. The Morgan fingerprint density at radius 3 is 1.93 bits per heavy atom. The smallest absolute Gasteiger partial charge is 0.312 e. The zero-order valence-corrected chi connectivity index (χ0v) is 17.1. The van der Waals surface area contributed by atoms with Crippen molar-refractivity contribution in [3.05, 3.63) is 54.0 Å². The van der Waals surface area contributed by atoms with Crippen molar-refractivity contribution in [3.8, 4) is 0 Å². The summed E-state index contributed by atoms with van der Waals surface area (Å²) >= 11 is 0. The molecule has 30 heavy (non-hydrogen) atoms. The van der Waals surface area contributed by atoms with Crippen LogP contribution < -0.4 is 4.90 Å². The first-order valence-electron chi connectivity index (χ1n) is 10.3. The van der Waals surface area contributed by atoms with Gasteiger partial charge in [0.2, 0.25) is 0 Å². The van der Waals surface area contributed by atoms with Crippen molar-refractivity contribution < 1.29 is 18.8 Å². The Bertz CT molecular complexity index is 911. The minimum atomic E-state index is -0.482. The number of carbonyl (C=O) groups is 3. The highest BCUT2D eigenvalue weighted by atomic mass is 16.3. The van der Waals surface area contributed by atoms with Gasteiger partial charge in [0, 0.05) is 58.0 Å². The number of hydrogen-bond donors (Lipinski definition) is 0. The Kier molecular flexibility index (Phi) is 5.74. The topological polar surface area (TPSA) is 77.3 Å². The number of amides is 3. The van der Waals surface area contributed by atoms with Crippen molar-refractivity contribution in [2.45, 2.75) is 6.92 Å². The number of piperazine rings is 2. The maximum Gasteiger partial charge on any atom is 0.312 e. The van der Waals surface area contributed by atoms with Crippen LogP contribution in [-0.2, 0) is 9.59 Å². The lowest BCUT2D eigenvalue weighted by Crippen LogP contribution is -2.57. The molecule has 3 heterocycles. The fraction of sp³-hybridized carbons (Fsp3) is 0.409. The van der Waals surface area contributed by atoms with Crippen molar-refractivity contribution in [1.82, 2.24) is 14.7 Å². The molecular formula is C22H26N4O4. The number of aryl methyl sites for hydroxylation is 1. The summed E-state index contributed by atoms with van der Waals surface area (Å²) in [4.78, 5) is 44.8. The first kappa shape index (κ1) is 20.0. The van der Waals surface area contributed by atoms with Gasteiger partial charge in [-0.15, -0.1) is 0 Å². The zero-order valence-electron chi connectivity index (χ0n) is 17.1. The monoisotopic (exact) mass is 410 g/mol. The van der Waals surface area contributed by atoms with Gasteiger partial charge in [0.05, 0.1) is 6.26 Å². The van der Waals surface area contributed by atoms with Crippen molar-refractivity contribution >= 4 is 23.4 Å². The average molecular weight is 410 g/mol. The molecule has 2 aromatic rings. The van der Waals surface area contributed by atoms with E-state index in [1.165, 1.54) is 11.8 Å². The molecule has 2 aliphatic rings. The highest BCUT2D eigenvalue weighted by Crippen LogP contribution is 2.18. The van der Waals surface area contributed by atoms with Gasteiger partial charge in [-0.2, -0.15) is 0 Å². The van der Waals surface area contributed by atoms with E-state index in [2.05, 4.69) is 30.0 Å². The summed E-state index contributed by atoms with van der Waals surface area (Å²) in [5, 5.41) is 0. The summed E-state index contributed by atoms with van der Waals surface area (Å²) < 4.78 is 5.15. The van der Waals surface area contributed by atoms with Gasteiger partial charge in [-0.3, -0.25) is 14.4 Å². The predicted octanol–water partition coefficient (Wildman–Crippen LogP) is 1.22. The van der Waals surface area contributed by atoms with Gasteiger partial charge < -0.3 is 24.0 Å². The standard InChI is InChI=1S/C22H26N4O4/c1-17-4-2-5-18(16-17)23-7-9-25(10-8-23)21(28)22(29)26-13-11-24(12-14-26)20(27)19-6-3-15-30-19/h2-6,15-16H,7-14H2,1H3. The number of anilines is 1. The van der Waals surface area contributed by atoms with Crippen molar-refractivity contribution in [1.29, 1.82) is 0 Å². The molecule has 0 radical (unpaired) electrons. The second kappa shape index (κ2) is 8.61. The van der Waals surface area contributed by atoms with E-state index in [9.17, 15) is 14.4 Å². The van der Waals surface area contributed by atoms with Crippen LogP contribution in [0.25, 0.3) is 0 Å². The second-order valence-electron chi connectivity index (χ2n) is 7.68. The van der Waals surface area contributed by atoms with Crippen molar-refractivity contribution in [3.63, 3.8) is 0 Å². The second-order valence-corrected chi connectivity index (χ2v) is 7.68. The molecule has 8 nitrogen and oxygen atoms in total. The minimum Gasteiger partial charge on any atom is -0.459 e. The molecule has 0 saturated carbocycles. The summed E-state index contributed by atoms with van der Waals surface area (Å²) in [6.07, 6.45) is 1.46. The van der Waals surface area contributed by atoms with Crippen LogP contribution in [0.4, 0.5) is 5.69 Å². The predicted molar refractivity (Wildman–Crippen MR) is 111 cm³/mol. The average Bonchev–Trinajstić information content (AvgIpc) is 3.33. The van der Waals surface area contributed by atoms with Crippen LogP contribution in [0, 0.1) is 6.92 Å². The maximum atomic E-state index is 12.7. The molecule has 1 aromatic carbocycles. The third kappa shape index (κ3) is 4.17. The fourth-order valence-electron chi connectivity index (χ4n) is 3.93. The Labute approximate surface area is 175 Å². The van der Waals surface area contributed by atoms with Gasteiger partial charge in [0.1, 0.15) is 0 Å². The van der Waals surface area contributed by atoms with Crippen LogP contribution in [0.1, 0.15) is 16.1 Å². The Morgan fingerprint density at radius 1 is 0.767 bits per heavy atom. The molecule has 2 aliphatic heterocycles. The van der Waals surface area contributed by atoms with E-state index in [0.717, 1.165) is 5.69 Å². The van der Waals surface area contributed by atoms with Gasteiger partial charge >= 0.3 is 11.8 Å². The lowest BCUT2D eigenvalue weighted by molar-refractivity contribution is -0.152. The molecule has 158 valence electrons. The van der Waals surface area contributed by atoms with E-state index in [1.54, 1.807) is 26.8 Å². The number of carbonyl (C=O) groups excluding carboxylic acids is 3. The fourth-order valence-corrected chi connectivity index (χ4v) is 3.93. The van der Waals surface area contributed by atoms with Crippen LogP contribution in [-0.4, -0.2) is 84.8 Å². The van der Waals surface area contributed by atoms with Crippen LogP contribution >= 0.6 is 0 Å². The van der Waals surface area contributed by atoms with Crippen LogP contribution in [0.15, 0.2) is 47.1 Å². The van der Waals surface area contributed by atoms with Gasteiger partial charge in [-0.25, -0.2) is 0 Å². The first-order valence-corrected chi connectivity index (χ1v) is 10.3. The molecule has 4 rings (SSSR count). The largest absolute Gasteiger partial charge is 0.459 e. The highest BCUT2D eigenvalue weighted by molar-refractivity contribution is 6.35. The van der Waals surface area contributed by atoms with Gasteiger partial charge in [0.25, 0.3) is 5.91 Å². The zero-order chi connectivity index (χ0) is 21.1. The quantitative estimate of drug-likeness (QED) is 0.696. The van der Waals surface area contributed by atoms with E-state index < -0.39 is 11.8 Å². The van der Waals surface area contributed by atoms with E-state index in [4.69, 9.17) is 4.42 Å². The summed E-state index contributed by atoms with van der Waals surface area (Å²) in [5.41, 5.74) is 2.34. The van der Waals surface area contributed by atoms with Gasteiger partial charge in [0.15, 0.2) is 5.76 Å². The van der Waals surface area contributed by atoms with Gasteiger partial charge in [-0.1, -0.05) is 12.1 Å². The molecule has 2 saturated heterocycles. The summed E-state index contributed by atoms with van der Waals surface area (Å²) in [7, 11) is 0. The molecule has 0 aliphatic carbocycles. The number of rotatable bonds is 2. The third-order valence-corrected chi connectivity index (χ3v) is 5.70. The Morgan fingerprint density at radius 2 is 1.37 bits per heavy atom. The normalized spacial score (nSPS) is 17.2. The molecule has 3 amide bonds. The van der Waals surface area contributed by atoms with Crippen LogP contribution in [0.5, 0.6) is 0 Å². The SMILES string of the molecule is Cc1cccc(N2CCN(C(=O)C(=O)N3CCN(C(=O)c4ccco4)CC3)CC2)c1. The molecule has 0 bridgehead atoms. The molecule has 8 heteroatoms. The third-order valence-electron chi connectivity index (χ3n) is 5.70. The van der Waals surface area contributed by atoms with Gasteiger partial charge in [-0.05, 0) is 36.8 Å². The van der Waals surface area contributed by atoms with Crippen LogP contribution in [0.2, 0.25) is 0 Å². The number of benzene rings is 1. The highest BCUT2D eigenvalue weighted by Gasteiger charge is 2.32. The molecule has 1 aromatic heterocycles. The first-order chi connectivity index (χ1) is 14.5. The van der Waals surface area contributed by atoms with Crippen LogP contribution in [0.3, 0.4) is 0 Å². The van der Waals surface area contributed by atoms with E-state index >= 15 is 0 Å². The van der Waals surface area contributed by atoms with E-state index in [-0.39, 0.29) is 11.7 Å². The van der Waals surface area contributed by atoms with E-state index in [1.807, 2.05) is 6.07 Å². The van der Waals surface area contributed by atoms with Crippen molar-refractivity contribution in [2.24, 2.45) is 0 Å². The molecule has 0 atom stereocenters. The number of hydrogen-bond acceptors (Lipinski definition) is 5. The Hall–Kier alpha value is -3.29. The Balaban J connectivity index is 1.27. The molecule has 0 N–H and O–H groups in total. The number of furan rings is 1. The molecular weight excluding hydrogens is 384 g/mol. The summed E-state index contributed by atoms with van der Waals surface area (Å²) in [5.74, 6) is -0.836. The number of nitrogens with zero attached hydrogens (tertiary/aromatic N) is 4. The molecule has 0 spiro atoms. The lowest BCUT2D eigenvalue weighted by Gasteiger charge is -2.38. The van der Waals surface area contributed by atoms with Crippen molar-refractivity contribution in [2.75, 3.05) is 57.3 Å². The molecule has 0 unspecified atom stereocenters. The van der Waals surface area contributed by atoms with E-state index in [0.29, 0.717) is 52.4 Å². The summed E-state index contributed by atoms with van der Waals surface area (Å²) in [6.45, 7) is 5.98. The maximum absolute atomic E-state index is 12.7.